The molecular formula is C14H18BrN3O. The number of nitrogens with one attached hydrogen (secondary N) is 3. The second-order valence-electron chi connectivity index (χ2n) is 5.22. The first kappa shape index (κ1) is 12.9. The van der Waals surface area contributed by atoms with Gasteiger partial charge in [-0.3, -0.25) is 0 Å². The van der Waals surface area contributed by atoms with Gasteiger partial charge in [0.2, 0.25) is 0 Å². The molecule has 1 aliphatic carbocycles. The topological polar surface area (TPSA) is 60.7 Å². The van der Waals surface area contributed by atoms with Gasteiger partial charge in [-0.2, -0.15) is 0 Å². The van der Waals surface area contributed by atoms with E-state index >= 15 is 0 Å². The van der Waals surface area contributed by atoms with Gasteiger partial charge in [0.15, 0.2) is 0 Å². The molecule has 5 heteroatoms. The van der Waals surface area contributed by atoms with E-state index in [4.69, 9.17) is 0 Å². The number of imidazole rings is 1. The highest BCUT2D eigenvalue weighted by molar-refractivity contribution is 9.10. The van der Waals surface area contributed by atoms with Crippen molar-refractivity contribution in [1.29, 1.82) is 0 Å². The molecule has 19 heavy (non-hydrogen) atoms. The molecule has 0 amide bonds. The Hall–Kier alpha value is -1.07. The van der Waals surface area contributed by atoms with Crippen molar-refractivity contribution in [2.45, 2.75) is 32.2 Å². The fourth-order valence-corrected chi connectivity index (χ4v) is 3.42. The predicted molar refractivity (Wildman–Crippen MR) is 80.4 cm³/mol. The number of hydrogen-bond acceptors (Lipinski definition) is 2. The molecule has 0 bridgehead atoms. The van der Waals surface area contributed by atoms with Crippen molar-refractivity contribution in [3.8, 4) is 0 Å². The van der Waals surface area contributed by atoms with Gasteiger partial charge in [-0.05, 0) is 43.0 Å². The number of aromatic nitrogens is 2. The average Bonchev–Trinajstić information content (AvgIpc) is 2.64. The Morgan fingerprint density at radius 3 is 2.63 bits per heavy atom. The van der Waals surface area contributed by atoms with Crippen LogP contribution >= 0.6 is 15.9 Å². The van der Waals surface area contributed by atoms with Crippen molar-refractivity contribution < 1.29 is 0 Å². The maximum Gasteiger partial charge on any atom is 0.323 e. The van der Waals surface area contributed by atoms with Crippen molar-refractivity contribution in [1.82, 2.24) is 15.3 Å². The van der Waals surface area contributed by atoms with E-state index < -0.39 is 0 Å². The summed E-state index contributed by atoms with van der Waals surface area (Å²) in [6.45, 7) is 3.09. The van der Waals surface area contributed by atoms with Crippen LogP contribution in [0.1, 0.15) is 37.8 Å². The van der Waals surface area contributed by atoms with E-state index in [0.29, 0.717) is 12.0 Å². The third kappa shape index (κ3) is 2.37. The van der Waals surface area contributed by atoms with E-state index in [2.05, 4.69) is 44.2 Å². The summed E-state index contributed by atoms with van der Waals surface area (Å²) in [6, 6.07) is 4.45. The fraction of sp³-hybridized carbons (Fsp3) is 0.500. The Balaban J connectivity index is 2.05. The summed E-state index contributed by atoms with van der Waals surface area (Å²) in [4.78, 5) is 17.0. The van der Waals surface area contributed by atoms with Crippen molar-refractivity contribution in [3.05, 3.63) is 32.7 Å². The molecule has 1 fully saturated rings. The van der Waals surface area contributed by atoms with Crippen LogP contribution in [0.25, 0.3) is 11.0 Å². The van der Waals surface area contributed by atoms with Crippen LogP contribution in [0, 0.1) is 5.92 Å². The predicted octanol–water partition coefficient (Wildman–Crippen LogP) is 3.07. The van der Waals surface area contributed by atoms with Crippen molar-refractivity contribution >= 4 is 27.0 Å². The van der Waals surface area contributed by atoms with E-state index in [9.17, 15) is 4.79 Å². The van der Waals surface area contributed by atoms with Gasteiger partial charge in [-0.1, -0.05) is 29.3 Å². The highest BCUT2D eigenvalue weighted by atomic mass is 79.9. The number of H-pyrrole nitrogens is 2. The molecule has 1 atom stereocenters. The van der Waals surface area contributed by atoms with E-state index in [-0.39, 0.29) is 5.69 Å². The van der Waals surface area contributed by atoms with Gasteiger partial charge in [-0.25, -0.2) is 4.79 Å². The summed E-state index contributed by atoms with van der Waals surface area (Å²) in [5.41, 5.74) is 2.83. The highest BCUT2D eigenvalue weighted by Crippen LogP contribution is 2.40. The molecule has 3 N–H and O–H groups in total. The van der Waals surface area contributed by atoms with Gasteiger partial charge in [0.05, 0.1) is 11.0 Å². The molecule has 102 valence electrons. The monoisotopic (exact) mass is 323 g/mol. The van der Waals surface area contributed by atoms with Crippen LogP contribution in [-0.4, -0.2) is 16.5 Å². The van der Waals surface area contributed by atoms with Gasteiger partial charge < -0.3 is 15.3 Å². The lowest BCUT2D eigenvalue weighted by molar-refractivity contribution is 0.233. The van der Waals surface area contributed by atoms with Crippen LogP contribution in [0.2, 0.25) is 0 Å². The summed E-state index contributed by atoms with van der Waals surface area (Å²) in [5.74, 6) is 0.708. The number of fused-ring (bicyclic) bond motifs is 1. The van der Waals surface area contributed by atoms with Gasteiger partial charge in [0.25, 0.3) is 0 Å². The zero-order chi connectivity index (χ0) is 13.4. The standard InChI is InChI=1S/C14H18BrN3O/c1-2-16-13(8-4-3-5-8)9-6-11-12(7-10(9)15)18-14(19)17-11/h6-8,13,16H,2-5H2,1H3,(H2,17,18,19). The van der Waals surface area contributed by atoms with E-state index in [0.717, 1.165) is 22.1 Å². The SMILES string of the molecule is CCNC(c1cc2[nH]c(=O)[nH]c2cc1Br)C1CCC1. The van der Waals surface area contributed by atoms with Crippen molar-refractivity contribution in [2.75, 3.05) is 6.54 Å². The molecule has 1 aromatic heterocycles. The molecule has 1 aliphatic rings. The normalized spacial score (nSPS) is 17.6. The van der Waals surface area contributed by atoms with Crippen molar-refractivity contribution in [2.24, 2.45) is 5.92 Å². The second kappa shape index (κ2) is 5.13. The molecule has 1 heterocycles. The van der Waals surface area contributed by atoms with E-state index in [1.807, 2.05) is 6.07 Å². The minimum absolute atomic E-state index is 0.150. The third-order valence-corrected chi connectivity index (χ3v) is 4.70. The van der Waals surface area contributed by atoms with Gasteiger partial charge >= 0.3 is 5.69 Å². The van der Waals surface area contributed by atoms with Gasteiger partial charge in [0, 0.05) is 10.5 Å². The Kier molecular flexibility index (Phi) is 3.50. The lowest BCUT2D eigenvalue weighted by Crippen LogP contribution is -2.32. The fourth-order valence-electron chi connectivity index (χ4n) is 2.83. The van der Waals surface area contributed by atoms with Crippen LogP contribution in [0.3, 0.4) is 0 Å². The first-order valence-corrected chi connectivity index (χ1v) is 7.63. The lowest BCUT2D eigenvalue weighted by atomic mass is 9.77. The van der Waals surface area contributed by atoms with Crippen LogP contribution in [0.5, 0.6) is 0 Å². The summed E-state index contributed by atoms with van der Waals surface area (Å²) in [5, 5.41) is 3.58. The molecule has 1 aromatic carbocycles. The molecule has 0 saturated heterocycles. The summed E-state index contributed by atoms with van der Waals surface area (Å²) < 4.78 is 1.06. The molecule has 1 saturated carbocycles. The van der Waals surface area contributed by atoms with E-state index in [1.165, 1.54) is 24.8 Å². The molecule has 2 aromatic rings. The average molecular weight is 324 g/mol. The maximum atomic E-state index is 11.4. The molecular weight excluding hydrogens is 306 g/mol. The smallest absolute Gasteiger partial charge is 0.310 e. The highest BCUT2D eigenvalue weighted by Gasteiger charge is 2.29. The molecule has 1 unspecified atom stereocenters. The van der Waals surface area contributed by atoms with Gasteiger partial charge in [0.1, 0.15) is 0 Å². The largest absolute Gasteiger partial charge is 0.323 e. The maximum absolute atomic E-state index is 11.4. The minimum Gasteiger partial charge on any atom is -0.310 e. The zero-order valence-electron chi connectivity index (χ0n) is 10.9. The summed E-state index contributed by atoms with van der Waals surface area (Å²) in [7, 11) is 0. The summed E-state index contributed by atoms with van der Waals surface area (Å²) >= 11 is 3.64. The third-order valence-electron chi connectivity index (χ3n) is 4.01. The van der Waals surface area contributed by atoms with Crippen LogP contribution < -0.4 is 11.0 Å². The van der Waals surface area contributed by atoms with Crippen LogP contribution in [0.15, 0.2) is 21.4 Å². The number of rotatable bonds is 4. The number of aromatic amines is 2. The van der Waals surface area contributed by atoms with Crippen LogP contribution in [0.4, 0.5) is 0 Å². The molecule has 3 rings (SSSR count). The number of halogens is 1. The Labute approximate surface area is 120 Å². The first-order valence-electron chi connectivity index (χ1n) is 6.84. The summed E-state index contributed by atoms with van der Waals surface area (Å²) in [6.07, 6.45) is 3.89. The Bertz CT molecular complexity index is 642. The lowest BCUT2D eigenvalue weighted by Gasteiger charge is -2.35. The van der Waals surface area contributed by atoms with Crippen molar-refractivity contribution in [3.63, 3.8) is 0 Å². The molecule has 0 aliphatic heterocycles. The molecule has 0 spiro atoms. The molecule has 0 radical (unpaired) electrons. The van der Waals surface area contributed by atoms with E-state index in [1.54, 1.807) is 0 Å². The second-order valence-corrected chi connectivity index (χ2v) is 6.08. The quantitative estimate of drug-likeness (QED) is 0.809. The number of hydrogen-bond donors (Lipinski definition) is 3. The zero-order valence-corrected chi connectivity index (χ0v) is 12.5. The Morgan fingerprint density at radius 1 is 1.37 bits per heavy atom. The number of benzene rings is 1. The first-order chi connectivity index (χ1) is 9.19. The minimum atomic E-state index is -0.150. The Morgan fingerprint density at radius 2 is 2.05 bits per heavy atom. The van der Waals surface area contributed by atoms with Gasteiger partial charge in [-0.15, -0.1) is 0 Å². The molecule has 4 nitrogen and oxygen atoms in total. The van der Waals surface area contributed by atoms with Crippen LogP contribution in [-0.2, 0) is 0 Å².